The van der Waals surface area contributed by atoms with Crippen LogP contribution in [0.25, 0.3) is 0 Å². The molecule has 0 radical (unpaired) electrons. The van der Waals surface area contributed by atoms with Crippen molar-refractivity contribution in [2.45, 2.75) is 12.8 Å². The lowest BCUT2D eigenvalue weighted by Crippen LogP contribution is -2.28. The van der Waals surface area contributed by atoms with Crippen molar-refractivity contribution in [2.75, 3.05) is 18.8 Å². The van der Waals surface area contributed by atoms with Crippen LogP contribution in [-0.4, -0.2) is 18.8 Å². The Morgan fingerprint density at radius 2 is 2.00 bits per heavy atom. The Hall–Kier alpha value is 0.310. The number of rotatable bonds is 1. The lowest BCUT2D eigenvalue weighted by molar-refractivity contribution is 0.408. The number of piperidine rings is 1. The van der Waals surface area contributed by atoms with Crippen LogP contribution in [0.15, 0.2) is 0 Å². The third-order valence-corrected chi connectivity index (χ3v) is 2.23. The van der Waals surface area contributed by atoms with Gasteiger partial charge in [0.1, 0.15) is 0 Å². The molecule has 0 saturated carbocycles. The molecule has 1 aliphatic rings. The van der Waals surface area contributed by atoms with Crippen LogP contribution in [-0.2, 0) is 0 Å². The van der Waals surface area contributed by atoms with Gasteiger partial charge in [-0.1, -0.05) is 0 Å². The summed E-state index contributed by atoms with van der Waals surface area (Å²) in [6.45, 7) is 2.40. The number of thiol groups is 1. The van der Waals surface area contributed by atoms with Gasteiger partial charge in [0.2, 0.25) is 0 Å². The summed E-state index contributed by atoms with van der Waals surface area (Å²) in [5.74, 6) is 1.96. The Bertz CT molecular complexity index is 59.5. The van der Waals surface area contributed by atoms with Crippen LogP contribution in [0.1, 0.15) is 12.8 Å². The second-order valence-electron chi connectivity index (χ2n) is 2.38. The maximum atomic E-state index is 4.24. The van der Waals surface area contributed by atoms with Gasteiger partial charge in [-0.3, -0.25) is 0 Å². The van der Waals surface area contributed by atoms with Crippen molar-refractivity contribution < 1.29 is 0 Å². The highest BCUT2D eigenvalue weighted by atomic mass is 32.1. The van der Waals surface area contributed by atoms with Crippen molar-refractivity contribution in [3.05, 3.63) is 0 Å². The minimum Gasteiger partial charge on any atom is -0.317 e. The van der Waals surface area contributed by atoms with Gasteiger partial charge in [-0.2, -0.15) is 12.6 Å². The van der Waals surface area contributed by atoms with Crippen LogP contribution in [0.4, 0.5) is 0 Å². The van der Waals surface area contributed by atoms with Crippen LogP contribution in [0.5, 0.6) is 0 Å². The Kier molecular flexibility index (Phi) is 2.70. The summed E-state index contributed by atoms with van der Waals surface area (Å²) in [6.07, 6.45) is 2.65. The summed E-state index contributed by atoms with van der Waals surface area (Å²) in [5.41, 5.74) is 0. The first kappa shape index (κ1) is 6.43. The van der Waals surface area contributed by atoms with Crippen LogP contribution in [0.3, 0.4) is 0 Å². The maximum Gasteiger partial charge on any atom is -0.00460 e. The zero-order chi connectivity index (χ0) is 5.82. The zero-order valence-corrected chi connectivity index (χ0v) is 5.95. The molecule has 0 aliphatic carbocycles. The molecular weight excluding hydrogens is 118 g/mol. The highest BCUT2D eigenvalue weighted by Gasteiger charge is 2.09. The van der Waals surface area contributed by atoms with Crippen LogP contribution >= 0.6 is 12.6 Å². The Balaban J connectivity index is 2.13. The highest BCUT2D eigenvalue weighted by Crippen LogP contribution is 2.11. The highest BCUT2D eigenvalue weighted by molar-refractivity contribution is 7.80. The van der Waals surface area contributed by atoms with Crippen molar-refractivity contribution in [1.82, 2.24) is 5.32 Å². The summed E-state index contributed by atoms with van der Waals surface area (Å²) < 4.78 is 0. The summed E-state index contributed by atoms with van der Waals surface area (Å²) in [5, 5.41) is 3.32. The molecule has 0 aromatic rings. The second kappa shape index (κ2) is 3.36. The Morgan fingerprint density at radius 1 is 1.38 bits per heavy atom. The van der Waals surface area contributed by atoms with Gasteiger partial charge >= 0.3 is 0 Å². The Morgan fingerprint density at radius 3 is 2.38 bits per heavy atom. The predicted molar refractivity (Wildman–Crippen MR) is 39.4 cm³/mol. The summed E-state index contributed by atoms with van der Waals surface area (Å²) in [6, 6.07) is 0. The number of nitrogens with one attached hydrogen (secondary N) is 1. The van der Waals surface area contributed by atoms with Gasteiger partial charge in [0.25, 0.3) is 0 Å². The molecular formula is C6H13NS. The minimum absolute atomic E-state index is 0.889. The minimum atomic E-state index is 0.889. The molecule has 0 aromatic carbocycles. The first-order valence-electron chi connectivity index (χ1n) is 3.25. The monoisotopic (exact) mass is 131 g/mol. The quantitative estimate of drug-likeness (QED) is 0.504. The van der Waals surface area contributed by atoms with Gasteiger partial charge < -0.3 is 5.32 Å². The molecule has 0 spiro atoms. The predicted octanol–water partition coefficient (Wildman–Crippen LogP) is 0.916. The molecule has 0 aromatic heterocycles. The van der Waals surface area contributed by atoms with E-state index in [1.165, 1.54) is 25.9 Å². The first-order valence-corrected chi connectivity index (χ1v) is 3.88. The molecule has 48 valence electrons. The zero-order valence-electron chi connectivity index (χ0n) is 5.06. The SMILES string of the molecule is SCC1CCNCC1. The molecule has 0 atom stereocenters. The van der Waals surface area contributed by atoms with Gasteiger partial charge in [0.15, 0.2) is 0 Å². The van der Waals surface area contributed by atoms with E-state index in [0.717, 1.165) is 11.7 Å². The summed E-state index contributed by atoms with van der Waals surface area (Å²) in [7, 11) is 0. The fourth-order valence-electron chi connectivity index (χ4n) is 1.06. The molecule has 1 aliphatic heterocycles. The maximum absolute atomic E-state index is 4.24. The van der Waals surface area contributed by atoms with E-state index in [2.05, 4.69) is 17.9 Å². The van der Waals surface area contributed by atoms with E-state index in [1.54, 1.807) is 0 Å². The van der Waals surface area contributed by atoms with E-state index < -0.39 is 0 Å². The van der Waals surface area contributed by atoms with Gasteiger partial charge in [-0.15, -0.1) is 0 Å². The molecule has 2 heteroatoms. The number of hydrogen-bond acceptors (Lipinski definition) is 2. The van der Waals surface area contributed by atoms with Gasteiger partial charge in [0, 0.05) is 0 Å². The lowest BCUT2D eigenvalue weighted by atomic mass is 10.0. The van der Waals surface area contributed by atoms with Crippen molar-refractivity contribution >= 4 is 12.6 Å². The molecule has 1 N–H and O–H groups in total. The normalized spacial score (nSPS) is 23.6. The fraction of sp³-hybridized carbons (Fsp3) is 1.00. The lowest BCUT2D eigenvalue weighted by Gasteiger charge is -2.19. The van der Waals surface area contributed by atoms with Gasteiger partial charge in [-0.25, -0.2) is 0 Å². The van der Waals surface area contributed by atoms with Crippen molar-refractivity contribution in [1.29, 1.82) is 0 Å². The van der Waals surface area contributed by atoms with E-state index in [9.17, 15) is 0 Å². The smallest absolute Gasteiger partial charge is 0.00460 e. The Labute approximate surface area is 56.3 Å². The van der Waals surface area contributed by atoms with E-state index >= 15 is 0 Å². The van der Waals surface area contributed by atoms with Gasteiger partial charge in [0.05, 0.1) is 0 Å². The van der Waals surface area contributed by atoms with Crippen LogP contribution in [0.2, 0.25) is 0 Å². The summed E-state index contributed by atoms with van der Waals surface area (Å²) in [4.78, 5) is 0. The van der Waals surface area contributed by atoms with E-state index in [0.29, 0.717) is 0 Å². The first-order chi connectivity index (χ1) is 3.93. The molecule has 0 bridgehead atoms. The largest absolute Gasteiger partial charge is 0.317 e. The molecule has 0 amide bonds. The van der Waals surface area contributed by atoms with Crippen LogP contribution < -0.4 is 5.32 Å². The average molecular weight is 131 g/mol. The van der Waals surface area contributed by atoms with E-state index in [1.807, 2.05) is 0 Å². The van der Waals surface area contributed by atoms with E-state index in [-0.39, 0.29) is 0 Å². The average Bonchev–Trinajstić information content (AvgIpc) is 1.90. The second-order valence-corrected chi connectivity index (χ2v) is 2.74. The van der Waals surface area contributed by atoms with Crippen molar-refractivity contribution in [3.8, 4) is 0 Å². The van der Waals surface area contributed by atoms with Crippen molar-refractivity contribution in [2.24, 2.45) is 5.92 Å². The molecule has 1 fully saturated rings. The third-order valence-electron chi connectivity index (χ3n) is 1.72. The topological polar surface area (TPSA) is 12.0 Å². The standard InChI is InChI=1S/C6H13NS/c8-5-6-1-3-7-4-2-6/h6-8H,1-5H2. The van der Waals surface area contributed by atoms with Crippen LogP contribution in [0, 0.1) is 5.92 Å². The molecule has 1 nitrogen and oxygen atoms in total. The third kappa shape index (κ3) is 1.67. The van der Waals surface area contributed by atoms with Gasteiger partial charge in [-0.05, 0) is 37.6 Å². The molecule has 1 rings (SSSR count). The molecule has 1 saturated heterocycles. The van der Waals surface area contributed by atoms with Crippen molar-refractivity contribution in [3.63, 3.8) is 0 Å². The number of hydrogen-bond donors (Lipinski definition) is 2. The van der Waals surface area contributed by atoms with E-state index in [4.69, 9.17) is 0 Å². The summed E-state index contributed by atoms with van der Waals surface area (Å²) >= 11 is 4.24. The molecule has 8 heavy (non-hydrogen) atoms. The fourth-order valence-corrected chi connectivity index (χ4v) is 1.43. The molecule has 0 unspecified atom stereocenters. The molecule has 1 heterocycles.